The molecule has 1 aromatic carbocycles. The Labute approximate surface area is 117 Å². The number of methoxy groups -OCH3 is 2. The molecule has 3 heteroatoms. The number of hydrogen-bond donors (Lipinski definition) is 1. The zero-order valence-corrected chi connectivity index (χ0v) is 12.8. The van der Waals surface area contributed by atoms with Gasteiger partial charge in [-0.2, -0.15) is 0 Å². The normalized spacial score (nSPS) is 13.9. The molecule has 0 heterocycles. The lowest BCUT2D eigenvalue weighted by molar-refractivity contribution is 0.353. The minimum absolute atomic E-state index is 0.455. The van der Waals surface area contributed by atoms with Crippen LogP contribution in [0.1, 0.15) is 45.1 Å². The number of ether oxygens (including phenoxy) is 2. The molecule has 3 nitrogen and oxygen atoms in total. The van der Waals surface area contributed by atoms with Crippen molar-refractivity contribution >= 4 is 0 Å². The van der Waals surface area contributed by atoms with Gasteiger partial charge in [0.1, 0.15) is 0 Å². The quantitative estimate of drug-likeness (QED) is 0.779. The highest BCUT2D eigenvalue weighted by Crippen LogP contribution is 2.32. The van der Waals surface area contributed by atoms with Gasteiger partial charge < -0.3 is 14.8 Å². The van der Waals surface area contributed by atoms with Gasteiger partial charge >= 0.3 is 0 Å². The molecule has 1 rings (SSSR count). The van der Waals surface area contributed by atoms with Crippen LogP contribution in [0.5, 0.6) is 11.5 Å². The van der Waals surface area contributed by atoms with Gasteiger partial charge in [-0.1, -0.05) is 26.8 Å². The first-order valence-corrected chi connectivity index (χ1v) is 7.13. The summed E-state index contributed by atoms with van der Waals surface area (Å²) in [6, 6.07) is 6.69. The summed E-state index contributed by atoms with van der Waals surface area (Å²) >= 11 is 0. The standard InChI is InChI=1S/C16H27NO2/c1-6-10-17-14(7-2)12(3)13-8-9-15(18-4)16(11-13)19-5/h8-9,11-12,14,17H,6-7,10H2,1-5H3. The molecule has 19 heavy (non-hydrogen) atoms. The predicted molar refractivity (Wildman–Crippen MR) is 80.3 cm³/mol. The lowest BCUT2D eigenvalue weighted by Gasteiger charge is -2.25. The Morgan fingerprint density at radius 3 is 2.32 bits per heavy atom. The SMILES string of the molecule is CCCNC(CC)C(C)c1ccc(OC)c(OC)c1. The second kappa shape index (κ2) is 8.05. The predicted octanol–water partition coefficient (Wildman–Crippen LogP) is 3.59. The maximum Gasteiger partial charge on any atom is 0.160 e. The maximum atomic E-state index is 5.38. The average Bonchev–Trinajstić information content (AvgIpc) is 2.46. The van der Waals surface area contributed by atoms with Gasteiger partial charge in [0.05, 0.1) is 14.2 Å². The Balaban J connectivity index is 2.88. The van der Waals surface area contributed by atoms with Gasteiger partial charge in [0.15, 0.2) is 11.5 Å². The summed E-state index contributed by atoms with van der Waals surface area (Å²) in [7, 11) is 3.34. The van der Waals surface area contributed by atoms with Crippen LogP contribution >= 0.6 is 0 Å². The zero-order valence-electron chi connectivity index (χ0n) is 12.8. The van der Waals surface area contributed by atoms with E-state index in [0.29, 0.717) is 12.0 Å². The first-order chi connectivity index (χ1) is 9.17. The van der Waals surface area contributed by atoms with E-state index in [-0.39, 0.29) is 0 Å². The van der Waals surface area contributed by atoms with E-state index in [1.807, 2.05) is 6.07 Å². The molecule has 0 aromatic heterocycles. The molecule has 0 fully saturated rings. The molecule has 1 aromatic rings. The van der Waals surface area contributed by atoms with Crippen molar-refractivity contribution in [1.29, 1.82) is 0 Å². The average molecular weight is 265 g/mol. The van der Waals surface area contributed by atoms with Crippen LogP contribution in [0.2, 0.25) is 0 Å². The van der Waals surface area contributed by atoms with Gasteiger partial charge in [0.25, 0.3) is 0 Å². The van der Waals surface area contributed by atoms with E-state index in [9.17, 15) is 0 Å². The third-order valence-electron chi connectivity index (χ3n) is 3.63. The molecule has 0 aliphatic carbocycles. The molecule has 0 aliphatic heterocycles. The fourth-order valence-electron chi connectivity index (χ4n) is 2.37. The molecule has 108 valence electrons. The molecule has 0 bridgehead atoms. The summed E-state index contributed by atoms with van der Waals surface area (Å²) in [6.07, 6.45) is 2.28. The highest BCUT2D eigenvalue weighted by Gasteiger charge is 2.18. The van der Waals surface area contributed by atoms with E-state index >= 15 is 0 Å². The van der Waals surface area contributed by atoms with Gasteiger partial charge in [-0.25, -0.2) is 0 Å². The third-order valence-corrected chi connectivity index (χ3v) is 3.63. The van der Waals surface area contributed by atoms with Crippen molar-refractivity contribution in [3.8, 4) is 11.5 Å². The van der Waals surface area contributed by atoms with Crippen molar-refractivity contribution in [2.45, 2.75) is 45.6 Å². The zero-order chi connectivity index (χ0) is 14.3. The Kier molecular flexibility index (Phi) is 6.71. The summed E-state index contributed by atoms with van der Waals surface area (Å²) in [4.78, 5) is 0. The molecule has 2 unspecified atom stereocenters. The molecule has 0 aliphatic rings. The van der Waals surface area contributed by atoms with E-state index in [2.05, 4.69) is 38.2 Å². The largest absolute Gasteiger partial charge is 0.493 e. The molecule has 0 saturated heterocycles. The monoisotopic (exact) mass is 265 g/mol. The van der Waals surface area contributed by atoms with E-state index in [1.54, 1.807) is 14.2 Å². The highest BCUT2D eigenvalue weighted by molar-refractivity contribution is 5.44. The topological polar surface area (TPSA) is 30.5 Å². The molecule has 0 spiro atoms. The molecule has 0 saturated carbocycles. The van der Waals surface area contributed by atoms with Gasteiger partial charge in [0.2, 0.25) is 0 Å². The van der Waals surface area contributed by atoms with E-state index in [1.165, 1.54) is 5.56 Å². The second-order valence-electron chi connectivity index (χ2n) is 4.87. The Hall–Kier alpha value is -1.22. The van der Waals surface area contributed by atoms with Crippen molar-refractivity contribution in [1.82, 2.24) is 5.32 Å². The first kappa shape index (κ1) is 15.8. The van der Waals surface area contributed by atoms with Crippen LogP contribution in [0.15, 0.2) is 18.2 Å². The summed E-state index contributed by atoms with van der Waals surface area (Å²) < 4.78 is 10.7. The van der Waals surface area contributed by atoms with Gasteiger partial charge in [0, 0.05) is 6.04 Å². The minimum Gasteiger partial charge on any atom is -0.493 e. The molecule has 2 atom stereocenters. The van der Waals surface area contributed by atoms with E-state index in [4.69, 9.17) is 9.47 Å². The van der Waals surface area contributed by atoms with Gasteiger partial charge in [-0.3, -0.25) is 0 Å². The van der Waals surface area contributed by atoms with Crippen molar-refractivity contribution in [2.24, 2.45) is 0 Å². The van der Waals surface area contributed by atoms with E-state index in [0.717, 1.165) is 30.9 Å². The third kappa shape index (κ3) is 4.13. The van der Waals surface area contributed by atoms with Crippen molar-refractivity contribution in [2.75, 3.05) is 20.8 Å². The number of benzene rings is 1. The van der Waals surface area contributed by atoms with Crippen LogP contribution in [-0.2, 0) is 0 Å². The fourth-order valence-corrected chi connectivity index (χ4v) is 2.37. The van der Waals surface area contributed by atoms with Crippen LogP contribution in [0, 0.1) is 0 Å². The van der Waals surface area contributed by atoms with Crippen LogP contribution in [0.25, 0.3) is 0 Å². The summed E-state index contributed by atoms with van der Waals surface area (Å²) in [5.74, 6) is 2.04. The molecular formula is C16H27NO2. The highest BCUT2D eigenvalue weighted by atomic mass is 16.5. The lowest BCUT2D eigenvalue weighted by atomic mass is 9.91. The van der Waals surface area contributed by atoms with Crippen molar-refractivity contribution in [3.05, 3.63) is 23.8 Å². The minimum atomic E-state index is 0.455. The Morgan fingerprint density at radius 2 is 1.79 bits per heavy atom. The maximum absolute atomic E-state index is 5.38. The smallest absolute Gasteiger partial charge is 0.160 e. The summed E-state index contributed by atoms with van der Waals surface area (Å²) in [6.45, 7) is 7.75. The fraction of sp³-hybridized carbons (Fsp3) is 0.625. The van der Waals surface area contributed by atoms with E-state index < -0.39 is 0 Å². The van der Waals surface area contributed by atoms with Crippen LogP contribution < -0.4 is 14.8 Å². The second-order valence-corrected chi connectivity index (χ2v) is 4.87. The Morgan fingerprint density at radius 1 is 1.11 bits per heavy atom. The van der Waals surface area contributed by atoms with Crippen molar-refractivity contribution in [3.63, 3.8) is 0 Å². The summed E-state index contributed by atoms with van der Waals surface area (Å²) in [5, 5.41) is 3.61. The van der Waals surface area contributed by atoms with Crippen LogP contribution in [-0.4, -0.2) is 26.8 Å². The lowest BCUT2D eigenvalue weighted by Crippen LogP contribution is -2.33. The van der Waals surface area contributed by atoms with Crippen LogP contribution in [0.4, 0.5) is 0 Å². The summed E-state index contributed by atoms with van der Waals surface area (Å²) in [5.41, 5.74) is 1.29. The van der Waals surface area contributed by atoms with Crippen LogP contribution in [0.3, 0.4) is 0 Å². The number of rotatable bonds is 8. The molecule has 0 radical (unpaired) electrons. The van der Waals surface area contributed by atoms with Gasteiger partial charge in [-0.05, 0) is 43.0 Å². The molecule has 1 N–H and O–H groups in total. The molecular weight excluding hydrogens is 238 g/mol. The number of nitrogens with one attached hydrogen (secondary N) is 1. The van der Waals surface area contributed by atoms with Gasteiger partial charge in [-0.15, -0.1) is 0 Å². The first-order valence-electron chi connectivity index (χ1n) is 7.13. The van der Waals surface area contributed by atoms with Crippen molar-refractivity contribution < 1.29 is 9.47 Å². The number of hydrogen-bond acceptors (Lipinski definition) is 3. The Bertz CT molecular complexity index is 379. The molecule has 0 amide bonds.